The maximum atomic E-state index is 9.47. The van der Waals surface area contributed by atoms with Crippen molar-refractivity contribution in [2.75, 3.05) is 6.61 Å². The van der Waals surface area contributed by atoms with Crippen molar-refractivity contribution in [3.8, 4) is 0 Å². The first-order valence-corrected chi connectivity index (χ1v) is 6.61. The average molecular weight is 244 g/mol. The van der Waals surface area contributed by atoms with E-state index in [2.05, 4.69) is 27.6 Å². The molecule has 1 aromatic carbocycles. The molecule has 3 aromatic rings. The number of benzene rings is 1. The van der Waals surface area contributed by atoms with Crippen LogP contribution in [0.15, 0.2) is 30.6 Å². The molecule has 1 N–H and O–H groups in total. The molecule has 0 unspecified atom stereocenters. The summed E-state index contributed by atoms with van der Waals surface area (Å²) in [6.07, 6.45) is 6.04. The molecule has 1 aliphatic carbocycles. The molecule has 0 amide bonds. The molecule has 0 bridgehead atoms. The standard InChI is InChI=1S/C13H12N2OS/c16-8-13(3-4-13)9-1-2-10-11(7-9)17-12-14-5-6-15(10)12/h1-2,5-7,16H,3-4,8H2. The van der Waals surface area contributed by atoms with Gasteiger partial charge in [-0.2, -0.15) is 0 Å². The van der Waals surface area contributed by atoms with Crippen molar-refractivity contribution < 1.29 is 5.11 Å². The number of aliphatic hydroxyl groups is 1. The van der Waals surface area contributed by atoms with E-state index in [9.17, 15) is 5.11 Å². The van der Waals surface area contributed by atoms with Crippen LogP contribution < -0.4 is 0 Å². The fourth-order valence-corrected chi connectivity index (χ4v) is 3.49. The van der Waals surface area contributed by atoms with Crippen LogP contribution in [0.3, 0.4) is 0 Å². The monoisotopic (exact) mass is 244 g/mol. The Morgan fingerprint density at radius 2 is 2.29 bits per heavy atom. The third-order valence-electron chi connectivity index (χ3n) is 3.80. The number of fused-ring (bicyclic) bond motifs is 3. The lowest BCUT2D eigenvalue weighted by Gasteiger charge is -2.11. The smallest absolute Gasteiger partial charge is 0.194 e. The Kier molecular flexibility index (Phi) is 1.75. The van der Waals surface area contributed by atoms with E-state index in [0.29, 0.717) is 0 Å². The first-order valence-electron chi connectivity index (χ1n) is 5.79. The Balaban J connectivity index is 1.97. The van der Waals surface area contributed by atoms with E-state index in [1.165, 1.54) is 15.8 Å². The minimum absolute atomic E-state index is 0.0558. The molecule has 4 rings (SSSR count). The summed E-state index contributed by atoms with van der Waals surface area (Å²) in [5.41, 5.74) is 2.54. The van der Waals surface area contributed by atoms with Crippen LogP contribution in [0.2, 0.25) is 0 Å². The predicted octanol–water partition coefficient (Wildman–Crippen LogP) is 2.57. The van der Waals surface area contributed by atoms with Gasteiger partial charge in [-0.3, -0.25) is 4.40 Å². The highest BCUT2D eigenvalue weighted by molar-refractivity contribution is 7.23. The molecule has 0 radical (unpaired) electrons. The highest BCUT2D eigenvalue weighted by atomic mass is 32.1. The number of hydrogen-bond acceptors (Lipinski definition) is 3. The second-order valence-electron chi connectivity index (χ2n) is 4.80. The maximum Gasteiger partial charge on any atom is 0.194 e. The van der Waals surface area contributed by atoms with E-state index in [0.717, 1.165) is 17.8 Å². The van der Waals surface area contributed by atoms with Crippen LogP contribution in [0.5, 0.6) is 0 Å². The van der Waals surface area contributed by atoms with E-state index in [1.807, 2.05) is 12.4 Å². The number of hydrogen-bond donors (Lipinski definition) is 1. The number of rotatable bonds is 2. The van der Waals surface area contributed by atoms with Crippen LogP contribution in [0.25, 0.3) is 15.2 Å². The third-order valence-corrected chi connectivity index (χ3v) is 4.83. The van der Waals surface area contributed by atoms with E-state index in [1.54, 1.807) is 11.3 Å². The topological polar surface area (TPSA) is 37.5 Å². The summed E-state index contributed by atoms with van der Waals surface area (Å²) in [6, 6.07) is 6.52. The zero-order chi connectivity index (χ0) is 11.5. The number of imidazole rings is 1. The lowest BCUT2D eigenvalue weighted by Crippen LogP contribution is -2.11. The van der Waals surface area contributed by atoms with Gasteiger partial charge in [0.1, 0.15) is 0 Å². The molecule has 3 nitrogen and oxygen atoms in total. The lowest BCUT2D eigenvalue weighted by molar-refractivity contribution is 0.255. The minimum Gasteiger partial charge on any atom is -0.395 e. The molecule has 4 heteroatoms. The second-order valence-corrected chi connectivity index (χ2v) is 5.81. The van der Waals surface area contributed by atoms with Crippen LogP contribution in [-0.2, 0) is 5.41 Å². The van der Waals surface area contributed by atoms with Crippen molar-refractivity contribution in [2.45, 2.75) is 18.3 Å². The fourth-order valence-electron chi connectivity index (χ4n) is 2.46. The highest BCUT2D eigenvalue weighted by Gasteiger charge is 2.43. The Morgan fingerprint density at radius 3 is 3.06 bits per heavy atom. The van der Waals surface area contributed by atoms with Gasteiger partial charge in [0.2, 0.25) is 0 Å². The normalized spacial score (nSPS) is 17.9. The van der Waals surface area contributed by atoms with Crippen molar-refractivity contribution in [1.29, 1.82) is 0 Å². The highest BCUT2D eigenvalue weighted by Crippen LogP contribution is 2.48. The molecular formula is C13H12N2OS. The van der Waals surface area contributed by atoms with Crippen molar-refractivity contribution in [1.82, 2.24) is 9.38 Å². The molecule has 86 valence electrons. The largest absolute Gasteiger partial charge is 0.395 e. The molecule has 0 saturated heterocycles. The molecular weight excluding hydrogens is 232 g/mol. The predicted molar refractivity (Wildman–Crippen MR) is 68.6 cm³/mol. The number of thiazole rings is 1. The van der Waals surface area contributed by atoms with E-state index < -0.39 is 0 Å². The average Bonchev–Trinajstić information content (AvgIpc) is 2.89. The molecule has 0 spiro atoms. The SMILES string of the molecule is OCC1(c2ccc3c(c2)sc2nccn23)CC1. The van der Waals surface area contributed by atoms with E-state index >= 15 is 0 Å². The van der Waals surface area contributed by atoms with Crippen LogP contribution in [0.1, 0.15) is 18.4 Å². The zero-order valence-electron chi connectivity index (χ0n) is 9.26. The van der Waals surface area contributed by atoms with Crippen molar-refractivity contribution in [3.63, 3.8) is 0 Å². The van der Waals surface area contributed by atoms with Crippen LogP contribution in [0.4, 0.5) is 0 Å². The minimum atomic E-state index is 0.0558. The van der Waals surface area contributed by atoms with Crippen molar-refractivity contribution >= 4 is 26.5 Å². The summed E-state index contributed by atoms with van der Waals surface area (Å²) in [7, 11) is 0. The second kappa shape index (κ2) is 3.09. The van der Waals surface area contributed by atoms with Gasteiger partial charge in [-0.25, -0.2) is 4.98 Å². The van der Waals surface area contributed by atoms with Crippen LogP contribution >= 0.6 is 11.3 Å². The van der Waals surface area contributed by atoms with E-state index in [4.69, 9.17) is 0 Å². The number of nitrogens with zero attached hydrogens (tertiary/aromatic N) is 2. The van der Waals surface area contributed by atoms with Gasteiger partial charge >= 0.3 is 0 Å². The summed E-state index contributed by atoms with van der Waals surface area (Å²) < 4.78 is 3.37. The van der Waals surface area contributed by atoms with Crippen molar-refractivity contribution in [2.24, 2.45) is 0 Å². The summed E-state index contributed by atoms with van der Waals surface area (Å²) in [6.45, 7) is 0.265. The molecule has 2 aromatic heterocycles. The van der Waals surface area contributed by atoms with Gasteiger partial charge in [-0.15, -0.1) is 0 Å². The van der Waals surface area contributed by atoms with Gasteiger partial charge in [-0.05, 0) is 30.5 Å². The molecule has 17 heavy (non-hydrogen) atoms. The Hall–Kier alpha value is -1.39. The lowest BCUT2D eigenvalue weighted by atomic mass is 9.97. The summed E-state index contributed by atoms with van der Waals surface area (Å²) in [5, 5.41) is 9.47. The van der Waals surface area contributed by atoms with Gasteiger partial charge in [0.05, 0.1) is 16.8 Å². The Bertz CT molecular complexity index is 708. The van der Waals surface area contributed by atoms with Gasteiger partial charge in [0, 0.05) is 17.8 Å². The van der Waals surface area contributed by atoms with Crippen LogP contribution in [0, 0.1) is 0 Å². The van der Waals surface area contributed by atoms with Gasteiger partial charge < -0.3 is 5.11 Å². The third kappa shape index (κ3) is 1.22. The molecule has 1 fully saturated rings. The molecule has 0 aliphatic heterocycles. The quantitative estimate of drug-likeness (QED) is 0.752. The Morgan fingerprint density at radius 1 is 1.41 bits per heavy atom. The van der Waals surface area contributed by atoms with Crippen LogP contribution in [-0.4, -0.2) is 21.1 Å². The Labute approximate surface area is 102 Å². The summed E-state index contributed by atoms with van der Waals surface area (Å²) in [5.74, 6) is 0. The molecule has 0 atom stereocenters. The summed E-state index contributed by atoms with van der Waals surface area (Å²) in [4.78, 5) is 5.35. The first kappa shape index (κ1) is 9.62. The van der Waals surface area contributed by atoms with Gasteiger partial charge in [0.15, 0.2) is 4.96 Å². The number of aliphatic hydroxyl groups excluding tert-OH is 1. The van der Waals surface area contributed by atoms with Crippen molar-refractivity contribution in [3.05, 3.63) is 36.2 Å². The maximum absolute atomic E-state index is 9.47. The van der Waals surface area contributed by atoms with Gasteiger partial charge in [-0.1, -0.05) is 17.4 Å². The number of aromatic nitrogens is 2. The fraction of sp³-hybridized carbons (Fsp3) is 0.308. The van der Waals surface area contributed by atoms with E-state index in [-0.39, 0.29) is 12.0 Å². The molecule has 1 saturated carbocycles. The first-order chi connectivity index (χ1) is 8.32. The molecule has 2 heterocycles. The van der Waals surface area contributed by atoms with Gasteiger partial charge in [0.25, 0.3) is 0 Å². The summed E-state index contributed by atoms with van der Waals surface area (Å²) >= 11 is 1.71. The zero-order valence-corrected chi connectivity index (χ0v) is 10.1. The molecule has 1 aliphatic rings.